The van der Waals surface area contributed by atoms with Gasteiger partial charge < -0.3 is 20.1 Å². The molecule has 1 heterocycles. The number of morpholine rings is 1. The molecule has 0 aromatic carbocycles. The van der Waals surface area contributed by atoms with Crippen LogP contribution < -0.4 is 10.6 Å². The summed E-state index contributed by atoms with van der Waals surface area (Å²) in [6.07, 6.45) is -0.227. The van der Waals surface area contributed by atoms with Crippen LogP contribution in [0.4, 0.5) is 0 Å². The summed E-state index contributed by atoms with van der Waals surface area (Å²) in [5, 5.41) is 6.17. The molecule has 0 radical (unpaired) electrons. The lowest BCUT2D eigenvalue weighted by molar-refractivity contribution is -0.138. The fourth-order valence-corrected chi connectivity index (χ4v) is 1.77. The summed E-state index contributed by atoms with van der Waals surface area (Å²) >= 11 is 0. The van der Waals surface area contributed by atoms with Crippen LogP contribution in [0.15, 0.2) is 0 Å². The van der Waals surface area contributed by atoms with Crippen molar-refractivity contribution in [2.24, 2.45) is 0 Å². The van der Waals surface area contributed by atoms with Gasteiger partial charge in [-0.2, -0.15) is 0 Å². The maximum absolute atomic E-state index is 11.8. The van der Waals surface area contributed by atoms with Crippen molar-refractivity contribution in [1.29, 1.82) is 0 Å². The lowest BCUT2D eigenvalue weighted by atomic mass is 10.1. The molecule has 1 amide bonds. The molecule has 2 N–H and O–H groups in total. The Labute approximate surface area is 110 Å². The topological polar surface area (TPSA) is 59.6 Å². The van der Waals surface area contributed by atoms with E-state index >= 15 is 0 Å². The highest BCUT2D eigenvalue weighted by atomic mass is 16.5. The number of hydrogen-bond acceptors (Lipinski definition) is 4. The Kier molecular flexibility index (Phi) is 5.56. The van der Waals surface area contributed by atoms with Gasteiger partial charge in [0.2, 0.25) is 5.91 Å². The number of carbonyl (C=O) groups is 1. The zero-order chi connectivity index (χ0) is 13.8. The van der Waals surface area contributed by atoms with Gasteiger partial charge in [-0.15, -0.1) is 0 Å². The zero-order valence-corrected chi connectivity index (χ0v) is 12.1. The van der Waals surface area contributed by atoms with E-state index in [0.717, 1.165) is 13.1 Å². The number of nitrogens with one attached hydrogen (secondary N) is 2. The first-order valence-corrected chi connectivity index (χ1v) is 6.58. The Bertz CT molecular complexity index is 276. The van der Waals surface area contributed by atoms with Gasteiger partial charge in [0.25, 0.3) is 0 Å². The fourth-order valence-electron chi connectivity index (χ4n) is 1.77. The van der Waals surface area contributed by atoms with Gasteiger partial charge in [-0.05, 0) is 34.6 Å². The van der Waals surface area contributed by atoms with E-state index in [-0.39, 0.29) is 23.7 Å². The third kappa shape index (κ3) is 5.80. The third-order valence-electron chi connectivity index (χ3n) is 2.63. The van der Waals surface area contributed by atoms with Crippen molar-refractivity contribution in [2.45, 2.75) is 58.5 Å². The quantitative estimate of drug-likeness (QED) is 0.778. The fraction of sp³-hybridized carbons (Fsp3) is 0.923. The molecule has 5 heteroatoms. The smallest absolute Gasteiger partial charge is 0.249 e. The average Bonchev–Trinajstić information content (AvgIpc) is 2.23. The Balaban J connectivity index is 2.27. The van der Waals surface area contributed by atoms with E-state index in [0.29, 0.717) is 6.61 Å². The van der Waals surface area contributed by atoms with Crippen LogP contribution >= 0.6 is 0 Å². The molecule has 1 saturated heterocycles. The highest BCUT2D eigenvalue weighted by molar-refractivity contribution is 5.80. The standard InChI is InChI=1S/C13H26N2O3/c1-9-6-14-7-11(18-9)8-17-10(2)12(16)15-13(3,4)5/h9-11,14H,6-8H2,1-5H3,(H,15,16). The molecule has 1 rings (SSSR count). The Morgan fingerprint density at radius 3 is 2.72 bits per heavy atom. The molecule has 106 valence electrons. The molecule has 0 aliphatic carbocycles. The first-order valence-electron chi connectivity index (χ1n) is 6.58. The minimum Gasteiger partial charge on any atom is -0.370 e. The van der Waals surface area contributed by atoms with Gasteiger partial charge in [0, 0.05) is 18.6 Å². The second kappa shape index (κ2) is 6.50. The van der Waals surface area contributed by atoms with Crippen LogP contribution in [-0.2, 0) is 14.3 Å². The predicted octanol–water partition coefficient (Wildman–Crippen LogP) is 0.683. The van der Waals surface area contributed by atoms with Crippen molar-refractivity contribution < 1.29 is 14.3 Å². The summed E-state index contributed by atoms with van der Waals surface area (Å²) in [6, 6.07) is 0. The number of ether oxygens (including phenoxy) is 2. The Hall–Kier alpha value is -0.650. The van der Waals surface area contributed by atoms with Crippen LogP contribution in [0.2, 0.25) is 0 Å². The van der Waals surface area contributed by atoms with Gasteiger partial charge >= 0.3 is 0 Å². The van der Waals surface area contributed by atoms with E-state index in [1.165, 1.54) is 0 Å². The van der Waals surface area contributed by atoms with E-state index in [2.05, 4.69) is 10.6 Å². The molecule has 3 atom stereocenters. The van der Waals surface area contributed by atoms with Crippen LogP contribution in [0, 0.1) is 0 Å². The summed E-state index contributed by atoms with van der Waals surface area (Å²) in [5.74, 6) is -0.0840. The molecular formula is C13H26N2O3. The molecule has 1 fully saturated rings. The van der Waals surface area contributed by atoms with Crippen LogP contribution in [0.3, 0.4) is 0 Å². The molecule has 0 aromatic rings. The number of hydrogen-bond donors (Lipinski definition) is 2. The van der Waals surface area contributed by atoms with Gasteiger partial charge in [0.15, 0.2) is 0 Å². The van der Waals surface area contributed by atoms with Crippen molar-refractivity contribution in [1.82, 2.24) is 10.6 Å². The molecule has 5 nitrogen and oxygen atoms in total. The summed E-state index contributed by atoms with van der Waals surface area (Å²) in [4.78, 5) is 11.8. The lowest BCUT2D eigenvalue weighted by Gasteiger charge is -2.29. The first-order chi connectivity index (χ1) is 8.28. The average molecular weight is 258 g/mol. The molecular weight excluding hydrogens is 232 g/mol. The van der Waals surface area contributed by atoms with E-state index in [1.807, 2.05) is 27.7 Å². The van der Waals surface area contributed by atoms with E-state index < -0.39 is 6.10 Å². The molecule has 0 aromatic heterocycles. The molecule has 3 unspecified atom stereocenters. The third-order valence-corrected chi connectivity index (χ3v) is 2.63. The maximum atomic E-state index is 11.8. The largest absolute Gasteiger partial charge is 0.370 e. The van der Waals surface area contributed by atoms with Gasteiger partial charge in [-0.25, -0.2) is 0 Å². The summed E-state index contributed by atoms with van der Waals surface area (Å²) in [6.45, 7) is 11.7. The summed E-state index contributed by atoms with van der Waals surface area (Å²) in [5.41, 5.74) is -0.230. The normalized spacial score (nSPS) is 26.7. The van der Waals surface area contributed by atoms with E-state index in [4.69, 9.17) is 9.47 Å². The highest BCUT2D eigenvalue weighted by Gasteiger charge is 2.23. The highest BCUT2D eigenvalue weighted by Crippen LogP contribution is 2.06. The number of rotatable bonds is 4. The van der Waals surface area contributed by atoms with Gasteiger partial charge in [-0.1, -0.05) is 0 Å². The van der Waals surface area contributed by atoms with Crippen LogP contribution in [0.1, 0.15) is 34.6 Å². The SMILES string of the molecule is CC1CNCC(COC(C)C(=O)NC(C)(C)C)O1. The van der Waals surface area contributed by atoms with Gasteiger partial charge in [0.1, 0.15) is 6.10 Å². The monoisotopic (exact) mass is 258 g/mol. The number of amides is 1. The second-order valence-corrected chi connectivity index (χ2v) is 5.94. The van der Waals surface area contributed by atoms with Crippen LogP contribution in [0.5, 0.6) is 0 Å². The second-order valence-electron chi connectivity index (χ2n) is 5.94. The van der Waals surface area contributed by atoms with Crippen molar-refractivity contribution in [2.75, 3.05) is 19.7 Å². The Morgan fingerprint density at radius 2 is 2.17 bits per heavy atom. The van der Waals surface area contributed by atoms with Gasteiger partial charge in [-0.3, -0.25) is 4.79 Å². The van der Waals surface area contributed by atoms with E-state index in [9.17, 15) is 4.79 Å². The minimum atomic E-state index is -0.454. The number of carbonyl (C=O) groups excluding carboxylic acids is 1. The van der Waals surface area contributed by atoms with Crippen molar-refractivity contribution in [3.63, 3.8) is 0 Å². The minimum absolute atomic E-state index is 0.0265. The van der Waals surface area contributed by atoms with Crippen LogP contribution in [-0.4, -0.2) is 49.5 Å². The summed E-state index contributed by atoms with van der Waals surface area (Å²) in [7, 11) is 0. The molecule has 18 heavy (non-hydrogen) atoms. The van der Waals surface area contributed by atoms with Crippen molar-refractivity contribution in [3.8, 4) is 0 Å². The molecule has 0 saturated carbocycles. The molecule has 1 aliphatic heterocycles. The zero-order valence-electron chi connectivity index (χ0n) is 12.1. The van der Waals surface area contributed by atoms with Crippen molar-refractivity contribution in [3.05, 3.63) is 0 Å². The molecule has 0 spiro atoms. The van der Waals surface area contributed by atoms with Crippen molar-refractivity contribution >= 4 is 5.91 Å². The van der Waals surface area contributed by atoms with E-state index in [1.54, 1.807) is 6.92 Å². The van der Waals surface area contributed by atoms with Crippen LogP contribution in [0.25, 0.3) is 0 Å². The summed E-state index contributed by atoms with van der Waals surface area (Å²) < 4.78 is 11.3. The lowest BCUT2D eigenvalue weighted by Crippen LogP contribution is -2.48. The predicted molar refractivity (Wildman–Crippen MR) is 70.5 cm³/mol. The van der Waals surface area contributed by atoms with Gasteiger partial charge in [0.05, 0.1) is 18.8 Å². The molecule has 0 bridgehead atoms. The maximum Gasteiger partial charge on any atom is 0.249 e. The Morgan fingerprint density at radius 1 is 1.50 bits per heavy atom. The molecule has 1 aliphatic rings. The first kappa shape index (κ1) is 15.4.